The van der Waals surface area contributed by atoms with Gasteiger partial charge in [-0.05, 0) is 60.7 Å². The molecule has 3 aromatic rings. The van der Waals surface area contributed by atoms with E-state index in [1.54, 1.807) is 24.5 Å². The van der Waals surface area contributed by atoms with E-state index < -0.39 is 0 Å². The number of rotatable bonds is 3. The third-order valence-corrected chi connectivity index (χ3v) is 4.93. The number of piperidine rings is 1. The lowest BCUT2D eigenvalue weighted by molar-refractivity contribution is 0.436. The second kappa shape index (κ2) is 6.67. The SMILES string of the molecule is CC1CCN(c2[nH]nc(-c3ccc(F)cc3)c2-c2ccncc2)CC1. The normalized spacial score (nSPS) is 15.5. The van der Waals surface area contributed by atoms with Crippen LogP contribution in [0.25, 0.3) is 22.4 Å². The van der Waals surface area contributed by atoms with E-state index >= 15 is 0 Å². The lowest BCUT2D eigenvalue weighted by Crippen LogP contribution is -2.33. The van der Waals surface area contributed by atoms with Gasteiger partial charge in [-0.25, -0.2) is 4.39 Å². The molecule has 0 aliphatic carbocycles. The first-order chi connectivity index (χ1) is 12.2. The van der Waals surface area contributed by atoms with Gasteiger partial charge in [0.2, 0.25) is 0 Å². The molecule has 0 spiro atoms. The Kier molecular flexibility index (Phi) is 4.22. The van der Waals surface area contributed by atoms with Crippen molar-refractivity contribution in [3.8, 4) is 22.4 Å². The largest absolute Gasteiger partial charge is 0.356 e. The predicted molar refractivity (Wildman–Crippen MR) is 97.8 cm³/mol. The van der Waals surface area contributed by atoms with E-state index in [0.29, 0.717) is 0 Å². The van der Waals surface area contributed by atoms with Gasteiger partial charge in [0.1, 0.15) is 17.3 Å². The fourth-order valence-electron chi connectivity index (χ4n) is 3.40. The van der Waals surface area contributed by atoms with Gasteiger partial charge >= 0.3 is 0 Å². The second-order valence-corrected chi connectivity index (χ2v) is 6.71. The van der Waals surface area contributed by atoms with Crippen LogP contribution in [0.4, 0.5) is 10.2 Å². The average molecular weight is 336 g/mol. The van der Waals surface area contributed by atoms with Crippen molar-refractivity contribution < 1.29 is 4.39 Å². The molecule has 128 valence electrons. The summed E-state index contributed by atoms with van der Waals surface area (Å²) >= 11 is 0. The number of nitrogens with one attached hydrogen (secondary N) is 1. The molecule has 3 heterocycles. The summed E-state index contributed by atoms with van der Waals surface area (Å²) in [6.45, 7) is 4.34. The van der Waals surface area contributed by atoms with E-state index in [1.165, 1.54) is 25.0 Å². The summed E-state index contributed by atoms with van der Waals surface area (Å²) in [5.41, 5.74) is 3.88. The summed E-state index contributed by atoms with van der Waals surface area (Å²) in [5, 5.41) is 7.81. The van der Waals surface area contributed by atoms with E-state index in [0.717, 1.165) is 47.2 Å². The van der Waals surface area contributed by atoms with E-state index in [-0.39, 0.29) is 5.82 Å². The number of aromatic nitrogens is 3. The molecule has 4 nitrogen and oxygen atoms in total. The van der Waals surface area contributed by atoms with Gasteiger partial charge < -0.3 is 4.90 Å². The zero-order valence-corrected chi connectivity index (χ0v) is 14.2. The minimum absolute atomic E-state index is 0.241. The lowest BCUT2D eigenvalue weighted by Gasteiger charge is -2.31. The van der Waals surface area contributed by atoms with Crippen molar-refractivity contribution >= 4 is 5.82 Å². The Morgan fingerprint density at radius 2 is 1.68 bits per heavy atom. The number of pyridine rings is 1. The van der Waals surface area contributed by atoms with Gasteiger partial charge in [0.15, 0.2) is 0 Å². The molecule has 0 radical (unpaired) electrons. The van der Waals surface area contributed by atoms with Gasteiger partial charge in [0.05, 0.1) is 5.56 Å². The van der Waals surface area contributed by atoms with Crippen molar-refractivity contribution in [2.24, 2.45) is 5.92 Å². The summed E-state index contributed by atoms with van der Waals surface area (Å²) in [5.74, 6) is 1.56. The standard InChI is InChI=1S/C20H21FN4/c1-14-8-12-25(13-9-14)20-18(15-6-10-22-11-7-15)19(23-24-20)16-2-4-17(21)5-3-16/h2-7,10-11,14H,8-9,12-13H2,1H3,(H,23,24). The van der Waals surface area contributed by atoms with Crippen LogP contribution in [0.3, 0.4) is 0 Å². The number of nitrogens with zero attached hydrogens (tertiary/aromatic N) is 3. The maximum Gasteiger partial charge on any atom is 0.132 e. The predicted octanol–water partition coefficient (Wildman–Crippen LogP) is 4.51. The van der Waals surface area contributed by atoms with Crippen molar-refractivity contribution in [3.05, 3.63) is 54.6 Å². The van der Waals surface area contributed by atoms with Crippen molar-refractivity contribution in [1.82, 2.24) is 15.2 Å². The number of hydrogen-bond donors (Lipinski definition) is 1. The van der Waals surface area contributed by atoms with Crippen LogP contribution < -0.4 is 4.90 Å². The summed E-state index contributed by atoms with van der Waals surface area (Å²) in [6.07, 6.45) is 5.94. The summed E-state index contributed by atoms with van der Waals surface area (Å²) in [4.78, 5) is 6.50. The minimum Gasteiger partial charge on any atom is -0.356 e. The van der Waals surface area contributed by atoms with Crippen LogP contribution in [0.15, 0.2) is 48.8 Å². The molecule has 1 N–H and O–H groups in total. The average Bonchev–Trinajstić information content (AvgIpc) is 3.09. The number of hydrogen-bond acceptors (Lipinski definition) is 3. The first-order valence-corrected chi connectivity index (χ1v) is 8.72. The molecule has 0 atom stereocenters. The highest BCUT2D eigenvalue weighted by Crippen LogP contribution is 2.38. The van der Waals surface area contributed by atoms with Crippen LogP contribution in [0.5, 0.6) is 0 Å². The molecule has 1 aromatic carbocycles. The fraction of sp³-hybridized carbons (Fsp3) is 0.300. The van der Waals surface area contributed by atoms with Crippen molar-refractivity contribution in [1.29, 1.82) is 0 Å². The highest BCUT2D eigenvalue weighted by Gasteiger charge is 2.24. The van der Waals surface area contributed by atoms with Crippen molar-refractivity contribution in [2.75, 3.05) is 18.0 Å². The molecular formula is C20H21FN4. The van der Waals surface area contributed by atoms with Crippen LogP contribution in [-0.2, 0) is 0 Å². The first kappa shape index (κ1) is 15.8. The molecule has 2 aromatic heterocycles. The van der Waals surface area contributed by atoms with Crippen molar-refractivity contribution in [2.45, 2.75) is 19.8 Å². The maximum absolute atomic E-state index is 13.3. The molecule has 0 bridgehead atoms. The van der Waals surface area contributed by atoms with Gasteiger partial charge in [-0.15, -0.1) is 0 Å². The third-order valence-electron chi connectivity index (χ3n) is 4.93. The number of H-pyrrole nitrogens is 1. The van der Waals surface area contributed by atoms with Gasteiger partial charge in [0, 0.05) is 31.0 Å². The highest BCUT2D eigenvalue weighted by atomic mass is 19.1. The number of anilines is 1. The maximum atomic E-state index is 13.3. The molecule has 25 heavy (non-hydrogen) atoms. The molecule has 4 rings (SSSR count). The quantitative estimate of drug-likeness (QED) is 0.765. The summed E-state index contributed by atoms with van der Waals surface area (Å²) < 4.78 is 13.3. The monoisotopic (exact) mass is 336 g/mol. The fourth-order valence-corrected chi connectivity index (χ4v) is 3.40. The third kappa shape index (κ3) is 3.14. The number of benzene rings is 1. The van der Waals surface area contributed by atoms with Crippen LogP contribution >= 0.6 is 0 Å². The van der Waals surface area contributed by atoms with Crippen LogP contribution in [-0.4, -0.2) is 28.3 Å². The smallest absolute Gasteiger partial charge is 0.132 e. The summed E-state index contributed by atoms with van der Waals surface area (Å²) in [7, 11) is 0. The molecule has 1 aliphatic heterocycles. The molecule has 5 heteroatoms. The van der Waals surface area contributed by atoms with Crippen LogP contribution in [0.2, 0.25) is 0 Å². The van der Waals surface area contributed by atoms with Gasteiger partial charge in [-0.3, -0.25) is 10.1 Å². The van der Waals surface area contributed by atoms with Crippen LogP contribution in [0, 0.1) is 11.7 Å². The topological polar surface area (TPSA) is 44.8 Å². The number of aromatic amines is 1. The van der Waals surface area contributed by atoms with Crippen molar-refractivity contribution in [3.63, 3.8) is 0 Å². The highest BCUT2D eigenvalue weighted by molar-refractivity contribution is 5.88. The molecular weight excluding hydrogens is 315 g/mol. The molecule has 1 fully saturated rings. The lowest BCUT2D eigenvalue weighted by atomic mass is 9.97. The first-order valence-electron chi connectivity index (χ1n) is 8.72. The summed E-state index contributed by atoms with van der Waals surface area (Å²) in [6, 6.07) is 10.5. The van der Waals surface area contributed by atoms with E-state index in [4.69, 9.17) is 0 Å². The minimum atomic E-state index is -0.241. The van der Waals surface area contributed by atoms with Gasteiger partial charge in [0.25, 0.3) is 0 Å². The zero-order valence-electron chi connectivity index (χ0n) is 14.2. The number of halogens is 1. The van der Waals surface area contributed by atoms with Gasteiger partial charge in [-0.2, -0.15) is 5.10 Å². The molecule has 0 saturated carbocycles. The van der Waals surface area contributed by atoms with E-state index in [2.05, 4.69) is 27.0 Å². The Bertz CT molecular complexity index is 834. The zero-order chi connectivity index (χ0) is 17.2. The van der Waals surface area contributed by atoms with E-state index in [1.807, 2.05) is 12.1 Å². The van der Waals surface area contributed by atoms with Crippen LogP contribution in [0.1, 0.15) is 19.8 Å². The molecule has 1 aliphatic rings. The molecule has 0 unspecified atom stereocenters. The van der Waals surface area contributed by atoms with E-state index in [9.17, 15) is 4.39 Å². The Labute approximate surface area is 146 Å². The Hall–Kier alpha value is -2.69. The molecule has 1 saturated heterocycles. The Balaban J connectivity index is 1.81. The molecule has 0 amide bonds. The van der Waals surface area contributed by atoms with Gasteiger partial charge in [-0.1, -0.05) is 6.92 Å². The Morgan fingerprint density at radius 3 is 2.36 bits per heavy atom. The second-order valence-electron chi connectivity index (χ2n) is 6.71. The Morgan fingerprint density at radius 1 is 1.00 bits per heavy atom.